The SMILES string of the molecule is C[C@@H]1CN(CC(=O)N2CCc3[nH]c(=O)c(Cc4ccc(F)cc4)cc32)[C@@H](CN2CCO[C@H](COc3cccc(-c4cccc(OC[C@@H]5CN(C[C@H]6CN[C@@H](C)CN6CC(=O)N6CC(C)(C)c7[nH]c(=O)c(Cc8ccc(F)cc8)cc76)CCO5)c4)c3)C2)CN1. The van der Waals surface area contributed by atoms with E-state index in [1.54, 1.807) is 24.3 Å². The van der Waals surface area contributed by atoms with Gasteiger partial charge in [-0.3, -0.25) is 38.8 Å². The predicted octanol–water partition coefficient (Wildman–Crippen LogP) is 5.59. The molecular weight excluding hydrogens is 1120 g/mol. The fourth-order valence-corrected chi connectivity index (χ4v) is 13.5. The number of nitrogens with zero attached hydrogens (tertiary/aromatic N) is 6. The van der Waals surface area contributed by atoms with Crippen LogP contribution >= 0.6 is 0 Å². The third-order valence-corrected chi connectivity index (χ3v) is 18.3. The molecule has 4 fully saturated rings. The first-order valence-corrected chi connectivity index (χ1v) is 31.2. The molecule has 0 radical (unpaired) electrons. The van der Waals surface area contributed by atoms with Crippen LogP contribution in [0.15, 0.2) is 119 Å². The Morgan fingerprint density at radius 2 is 1.09 bits per heavy atom. The van der Waals surface area contributed by atoms with Crippen LogP contribution in [0.1, 0.15) is 61.3 Å². The molecule has 4 N–H and O–H groups in total. The van der Waals surface area contributed by atoms with E-state index in [4.69, 9.17) is 18.9 Å². The van der Waals surface area contributed by atoms with E-state index < -0.39 is 5.41 Å². The van der Waals surface area contributed by atoms with E-state index in [1.165, 1.54) is 24.3 Å². The number of hydrogen-bond acceptors (Lipinski definition) is 14. The van der Waals surface area contributed by atoms with Crippen LogP contribution in [0.4, 0.5) is 20.2 Å². The summed E-state index contributed by atoms with van der Waals surface area (Å²) in [6, 6.07) is 32.8. The fraction of sp³-hybridized carbons (Fsp3) is 0.471. The topological polar surface area (TPSA) is 180 Å². The quantitative estimate of drug-likeness (QED) is 0.0789. The average molecular weight is 1210 g/mol. The summed E-state index contributed by atoms with van der Waals surface area (Å²) in [5.41, 5.74) is 6.90. The maximum atomic E-state index is 14.4. The van der Waals surface area contributed by atoms with Crippen molar-refractivity contribution in [3.63, 3.8) is 0 Å². The van der Waals surface area contributed by atoms with E-state index >= 15 is 0 Å². The molecule has 20 heteroatoms. The Morgan fingerprint density at radius 3 is 1.61 bits per heavy atom. The number of hydrogen-bond donors (Lipinski definition) is 4. The van der Waals surface area contributed by atoms with Gasteiger partial charge in [-0.05, 0) is 96.8 Å². The number of benzene rings is 4. The number of rotatable bonds is 19. The first-order chi connectivity index (χ1) is 42.5. The van der Waals surface area contributed by atoms with Gasteiger partial charge in [0.2, 0.25) is 11.8 Å². The zero-order valence-corrected chi connectivity index (χ0v) is 50.9. The van der Waals surface area contributed by atoms with Crippen molar-refractivity contribution in [1.29, 1.82) is 0 Å². The number of pyridine rings is 2. The van der Waals surface area contributed by atoms with E-state index in [9.17, 15) is 28.0 Å². The number of halogens is 2. The number of morpholine rings is 2. The number of aromatic nitrogens is 2. The molecule has 18 nitrogen and oxygen atoms in total. The van der Waals surface area contributed by atoms with Crippen LogP contribution in [0.25, 0.3) is 11.1 Å². The Labute approximate surface area is 513 Å². The van der Waals surface area contributed by atoms with Gasteiger partial charge in [0.05, 0.1) is 37.7 Å². The second kappa shape index (κ2) is 26.9. The number of nitrogens with one attached hydrogen (secondary N) is 4. The third-order valence-electron chi connectivity index (χ3n) is 18.3. The number of amides is 2. The minimum Gasteiger partial charge on any atom is -0.491 e. The Morgan fingerprint density at radius 1 is 0.602 bits per heavy atom. The number of piperazine rings is 2. The van der Waals surface area contributed by atoms with Gasteiger partial charge in [-0.15, -0.1) is 0 Å². The summed E-state index contributed by atoms with van der Waals surface area (Å²) in [7, 11) is 0. The molecule has 6 atom stereocenters. The Hall–Kier alpha value is -7.14. The second-order valence-electron chi connectivity index (χ2n) is 25.6. The van der Waals surface area contributed by atoms with Crippen molar-refractivity contribution in [1.82, 2.24) is 40.2 Å². The van der Waals surface area contributed by atoms with Crippen molar-refractivity contribution in [2.75, 3.05) is 128 Å². The summed E-state index contributed by atoms with van der Waals surface area (Å²) in [6.45, 7) is 19.2. The lowest BCUT2D eigenvalue weighted by Crippen LogP contribution is -2.61. The van der Waals surface area contributed by atoms with Gasteiger partial charge in [0.15, 0.2) is 0 Å². The smallest absolute Gasteiger partial charge is 0.251 e. The van der Waals surface area contributed by atoms with Gasteiger partial charge in [-0.25, -0.2) is 8.78 Å². The molecule has 0 unspecified atom stereocenters. The summed E-state index contributed by atoms with van der Waals surface area (Å²) in [6.07, 6.45) is 0.960. The standard InChI is InChI=1S/C68H82F2N10O8/c1-44-33-77(39-63(81)79-20-19-60-61(79)29-50(66(83)73-60)25-46-11-15-52(69)16-12-46)54(31-71-44)35-75-21-23-85-58(37-75)41-87-56-9-5-7-48(27-56)49-8-6-10-57(28-49)88-42-59-38-76(22-24-86-59)36-55-32-72-45(2)34-78(55)40-64(82)80-43-68(3,4)65-62(80)30-51(67(84)74-65)26-47-13-17-53(70)18-14-47/h5-18,27-30,44-45,54-55,58-59,71-72H,19-26,31-43H2,1-4H3,(H,73,83)(H,74,84)/t44-,45+,54-,55-,58+,59+/m1/s1. The monoisotopic (exact) mass is 1200 g/mol. The molecule has 2 amide bonds. The van der Waals surface area contributed by atoms with Crippen LogP contribution in [-0.2, 0) is 43.7 Å². The molecule has 4 saturated heterocycles. The summed E-state index contributed by atoms with van der Waals surface area (Å²) in [5, 5.41) is 7.29. The molecule has 0 saturated carbocycles. The van der Waals surface area contributed by atoms with E-state index in [1.807, 2.05) is 58.3 Å². The summed E-state index contributed by atoms with van der Waals surface area (Å²) < 4.78 is 52.7. The number of ether oxygens (including phenoxy) is 4. The van der Waals surface area contributed by atoms with Gasteiger partial charge >= 0.3 is 0 Å². The molecule has 466 valence electrons. The van der Waals surface area contributed by atoms with Gasteiger partial charge in [0.1, 0.15) is 48.6 Å². The molecule has 6 aliphatic heterocycles. The summed E-state index contributed by atoms with van der Waals surface area (Å²) in [5.74, 6) is 0.821. The molecule has 6 aliphatic rings. The molecule has 0 aliphatic carbocycles. The highest BCUT2D eigenvalue weighted by molar-refractivity contribution is 5.98. The highest BCUT2D eigenvalue weighted by Crippen LogP contribution is 2.39. The van der Waals surface area contributed by atoms with Gasteiger partial charge in [0.25, 0.3) is 11.1 Å². The van der Waals surface area contributed by atoms with Crippen molar-refractivity contribution in [3.05, 3.63) is 175 Å². The van der Waals surface area contributed by atoms with Gasteiger partial charge in [-0.1, -0.05) is 62.4 Å². The molecule has 8 heterocycles. The second-order valence-corrected chi connectivity index (χ2v) is 25.6. The summed E-state index contributed by atoms with van der Waals surface area (Å²) >= 11 is 0. The lowest BCUT2D eigenvalue weighted by Gasteiger charge is -2.43. The number of carbonyl (C=O) groups excluding carboxylic acids is 2. The van der Waals surface area contributed by atoms with E-state index in [2.05, 4.69) is 80.0 Å². The summed E-state index contributed by atoms with van der Waals surface area (Å²) in [4.78, 5) is 74.1. The lowest BCUT2D eigenvalue weighted by atomic mass is 9.91. The molecule has 6 aromatic rings. The van der Waals surface area contributed by atoms with Crippen LogP contribution in [-0.4, -0.2) is 196 Å². The van der Waals surface area contributed by atoms with Gasteiger partial charge < -0.3 is 49.3 Å². The zero-order chi connectivity index (χ0) is 61.1. The van der Waals surface area contributed by atoms with E-state index in [-0.39, 0.29) is 84.0 Å². The van der Waals surface area contributed by atoms with E-state index in [0.717, 1.165) is 109 Å². The number of carbonyl (C=O) groups is 2. The molecule has 0 bridgehead atoms. The number of anilines is 2. The number of aromatic amines is 2. The van der Waals surface area contributed by atoms with Crippen LogP contribution in [0, 0.1) is 11.6 Å². The maximum absolute atomic E-state index is 14.4. The van der Waals surface area contributed by atoms with Crippen molar-refractivity contribution in [2.45, 2.75) is 88.7 Å². The predicted molar refractivity (Wildman–Crippen MR) is 335 cm³/mol. The molecule has 0 spiro atoms. The van der Waals surface area contributed by atoms with Crippen LogP contribution < -0.4 is 41.0 Å². The van der Waals surface area contributed by atoms with Gasteiger partial charge in [0, 0.05) is 150 Å². The van der Waals surface area contributed by atoms with Gasteiger partial charge in [-0.2, -0.15) is 0 Å². The average Bonchev–Trinajstić information content (AvgIpc) is 2.33. The highest BCUT2D eigenvalue weighted by atomic mass is 19.1. The molecule has 88 heavy (non-hydrogen) atoms. The third kappa shape index (κ3) is 14.6. The first-order valence-electron chi connectivity index (χ1n) is 31.2. The highest BCUT2D eigenvalue weighted by Gasteiger charge is 2.42. The lowest BCUT2D eigenvalue weighted by molar-refractivity contribution is -0.121. The zero-order valence-electron chi connectivity index (χ0n) is 50.9. The van der Waals surface area contributed by atoms with Crippen molar-refractivity contribution in [2.24, 2.45) is 0 Å². The molecule has 12 rings (SSSR count). The van der Waals surface area contributed by atoms with Crippen molar-refractivity contribution >= 4 is 23.2 Å². The number of fused-ring (bicyclic) bond motifs is 2. The van der Waals surface area contributed by atoms with Crippen molar-refractivity contribution < 1.29 is 37.3 Å². The Bertz CT molecular complexity index is 3570. The minimum atomic E-state index is -0.442. The van der Waals surface area contributed by atoms with Crippen LogP contribution in [0.3, 0.4) is 0 Å². The number of H-pyrrole nitrogens is 2. The van der Waals surface area contributed by atoms with Crippen LogP contribution in [0.5, 0.6) is 11.5 Å². The molecular formula is C68H82F2N10O8. The molecule has 4 aromatic carbocycles. The normalized spacial score (nSPS) is 23.4. The largest absolute Gasteiger partial charge is 0.491 e. The Balaban J connectivity index is 0.612. The fourth-order valence-electron chi connectivity index (χ4n) is 13.5. The van der Waals surface area contributed by atoms with E-state index in [0.29, 0.717) is 83.0 Å². The molecule has 2 aromatic heterocycles. The first kappa shape index (κ1) is 61.1. The van der Waals surface area contributed by atoms with Crippen molar-refractivity contribution in [3.8, 4) is 22.6 Å². The minimum absolute atomic E-state index is 0.00301. The van der Waals surface area contributed by atoms with Crippen LogP contribution in [0.2, 0.25) is 0 Å². The maximum Gasteiger partial charge on any atom is 0.251 e. The Kier molecular flexibility index (Phi) is 18.7.